The first-order valence-electron chi connectivity index (χ1n) is 8.39. The van der Waals surface area contributed by atoms with Crippen LogP contribution in [0.15, 0.2) is 24.3 Å². The summed E-state index contributed by atoms with van der Waals surface area (Å²) in [5, 5.41) is 3.39. The molecule has 1 aliphatic carbocycles. The van der Waals surface area contributed by atoms with Crippen molar-refractivity contribution in [3.63, 3.8) is 0 Å². The molecular formula is C18H27NO2. The molecule has 1 aromatic carbocycles. The Morgan fingerprint density at radius 2 is 1.62 bits per heavy atom. The third-order valence-electron chi connectivity index (χ3n) is 4.57. The van der Waals surface area contributed by atoms with E-state index in [1.165, 1.54) is 18.4 Å². The molecule has 2 fully saturated rings. The van der Waals surface area contributed by atoms with Gasteiger partial charge in [0.25, 0.3) is 0 Å². The van der Waals surface area contributed by atoms with Crippen molar-refractivity contribution in [2.45, 2.75) is 63.8 Å². The van der Waals surface area contributed by atoms with Gasteiger partial charge in [0.1, 0.15) is 11.9 Å². The van der Waals surface area contributed by atoms with Gasteiger partial charge in [0.05, 0.1) is 12.2 Å². The summed E-state index contributed by atoms with van der Waals surface area (Å²) in [6, 6.07) is 8.38. The lowest BCUT2D eigenvalue weighted by molar-refractivity contribution is -0.0615. The van der Waals surface area contributed by atoms with Crippen LogP contribution in [0.2, 0.25) is 0 Å². The zero-order valence-electron chi connectivity index (χ0n) is 13.0. The summed E-state index contributed by atoms with van der Waals surface area (Å²) in [6.07, 6.45) is 8.06. The van der Waals surface area contributed by atoms with Crippen LogP contribution in [0.25, 0.3) is 0 Å². The maximum absolute atomic E-state index is 6.30. The average molecular weight is 289 g/mol. The van der Waals surface area contributed by atoms with Crippen LogP contribution in [0.1, 0.15) is 44.1 Å². The normalized spacial score (nSPS) is 27.5. The molecule has 0 radical (unpaired) electrons. The fourth-order valence-corrected chi connectivity index (χ4v) is 3.35. The van der Waals surface area contributed by atoms with E-state index >= 15 is 0 Å². The maximum atomic E-state index is 6.30. The van der Waals surface area contributed by atoms with Crippen LogP contribution < -0.4 is 10.1 Å². The van der Waals surface area contributed by atoms with Crippen LogP contribution in [0, 0.1) is 6.92 Å². The van der Waals surface area contributed by atoms with Crippen molar-refractivity contribution in [3.8, 4) is 5.75 Å². The molecule has 1 N–H and O–H groups in total. The minimum atomic E-state index is 0.313. The molecule has 1 saturated heterocycles. The molecule has 2 aliphatic rings. The van der Waals surface area contributed by atoms with E-state index in [4.69, 9.17) is 9.47 Å². The van der Waals surface area contributed by atoms with Crippen molar-refractivity contribution in [1.82, 2.24) is 5.32 Å². The lowest BCUT2D eigenvalue weighted by atomic mass is 9.94. The summed E-state index contributed by atoms with van der Waals surface area (Å²) < 4.78 is 12.4. The second kappa shape index (κ2) is 7.28. The molecular weight excluding hydrogens is 262 g/mol. The Bertz CT molecular complexity index is 425. The monoisotopic (exact) mass is 289 g/mol. The van der Waals surface area contributed by atoms with Gasteiger partial charge in [0.2, 0.25) is 0 Å². The van der Waals surface area contributed by atoms with Crippen LogP contribution in [-0.4, -0.2) is 31.4 Å². The number of nitrogens with one attached hydrogen (secondary N) is 1. The van der Waals surface area contributed by atoms with Gasteiger partial charge in [-0.15, -0.1) is 0 Å². The average Bonchev–Trinajstić information content (AvgIpc) is 2.51. The zero-order valence-corrected chi connectivity index (χ0v) is 13.0. The highest BCUT2D eigenvalue weighted by atomic mass is 16.5. The molecule has 21 heavy (non-hydrogen) atoms. The number of hydrogen-bond donors (Lipinski definition) is 1. The Labute approximate surface area is 128 Å². The van der Waals surface area contributed by atoms with E-state index in [-0.39, 0.29) is 0 Å². The second-order valence-electron chi connectivity index (χ2n) is 6.43. The van der Waals surface area contributed by atoms with Gasteiger partial charge < -0.3 is 14.8 Å². The summed E-state index contributed by atoms with van der Waals surface area (Å²) in [5.41, 5.74) is 1.28. The number of ether oxygens (including phenoxy) is 2. The van der Waals surface area contributed by atoms with Gasteiger partial charge in [-0.3, -0.25) is 0 Å². The van der Waals surface area contributed by atoms with Crippen molar-refractivity contribution < 1.29 is 9.47 Å². The predicted octanol–water partition coefficient (Wildman–Crippen LogP) is 3.45. The third-order valence-corrected chi connectivity index (χ3v) is 4.57. The molecule has 1 aromatic rings. The van der Waals surface area contributed by atoms with Gasteiger partial charge in [-0.2, -0.15) is 0 Å². The van der Waals surface area contributed by atoms with Crippen molar-refractivity contribution in [2.24, 2.45) is 0 Å². The number of rotatable bonds is 4. The third kappa shape index (κ3) is 4.45. The van der Waals surface area contributed by atoms with Gasteiger partial charge in [0.15, 0.2) is 0 Å². The van der Waals surface area contributed by atoms with Crippen molar-refractivity contribution >= 4 is 0 Å². The molecule has 0 aromatic heterocycles. The van der Waals surface area contributed by atoms with Crippen LogP contribution >= 0.6 is 0 Å². The standard InChI is InChI=1S/C18H27NO2/c1-14-5-7-15(8-6-14)20-17-3-2-4-18(13-17)21-16-9-11-19-12-10-16/h5-8,16-19H,2-4,9-13H2,1H3. The van der Waals surface area contributed by atoms with E-state index in [1.54, 1.807) is 0 Å². The largest absolute Gasteiger partial charge is 0.490 e. The highest BCUT2D eigenvalue weighted by molar-refractivity contribution is 5.26. The molecule has 1 heterocycles. The minimum absolute atomic E-state index is 0.313. The molecule has 3 rings (SSSR count). The van der Waals surface area contributed by atoms with Gasteiger partial charge in [-0.25, -0.2) is 0 Å². The van der Waals surface area contributed by atoms with E-state index in [9.17, 15) is 0 Å². The van der Waals surface area contributed by atoms with Crippen LogP contribution in [0.5, 0.6) is 5.75 Å². The Morgan fingerprint density at radius 1 is 0.905 bits per heavy atom. The molecule has 116 valence electrons. The maximum Gasteiger partial charge on any atom is 0.119 e. The van der Waals surface area contributed by atoms with Gasteiger partial charge in [-0.1, -0.05) is 17.7 Å². The number of aryl methyl sites for hydroxylation is 1. The molecule has 2 atom stereocenters. The molecule has 3 heteroatoms. The number of hydrogen-bond acceptors (Lipinski definition) is 3. The number of piperidine rings is 1. The van der Waals surface area contributed by atoms with Crippen LogP contribution in [0.4, 0.5) is 0 Å². The number of benzene rings is 1. The highest BCUT2D eigenvalue weighted by Crippen LogP contribution is 2.27. The Kier molecular flexibility index (Phi) is 5.15. The lowest BCUT2D eigenvalue weighted by Crippen LogP contribution is -2.37. The molecule has 1 aliphatic heterocycles. The van der Waals surface area contributed by atoms with E-state index in [1.807, 2.05) is 0 Å². The molecule has 1 saturated carbocycles. The molecule has 0 spiro atoms. The lowest BCUT2D eigenvalue weighted by Gasteiger charge is -2.33. The Balaban J connectivity index is 1.49. The van der Waals surface area contributed by atoms with Gasteiger partial charge in [0, 0.05) is 6.42 Å². The molecule has 0 amide bonds. The van der Waals surface area contributed by atoms with E-state index < -0.39 is 0 Å². The van der Waals surface area contributed by atoms with Crippen LogP contribution in [0.3, 0.4) is 0 Å². The predicted molar refractivity (Wildman–Crippen MR) is 84.8 cm³/mol. The van der Waals surface area contributed by atoms with E-state index in [2.05, 4.69) is 36.5 Å². The second-order valence-corrected chi connectivity index (χ2v) is 6.43. The first kappa shape index (κ1) is 14.9. The van der Waals surface area contributed by atoms with Crippen molar-refractivity contribution in [2.75, 3.05) is 13.1 Å². The first-order valence-corrected chi connectivity index (χ1v) is 8.39. The molecule has 0 bridgehead atoms. The van der Waals surface area contributed by atoms with E-state index in [0.29, 0.717) is 18.3 Å². The first-order chi connectivity index (χ1) is 10.3. The Morgan fingerprint density at radius 3 is 2.38 bits per heavy atom. The molecule has 3 nitrogen and oxygen atoms in total. The summed E-state index contributed by atoms with van der Waals surface area (Å²) in [5.74, 6) is 0.994. The smallest absolute Gasteiger partial charge is 0.119 e. The van der Waals surface area contributed by atoms with Crippen molar-refractivity contribution in [3.05, 3.63) is 29.8 Å². The van der Waals surface area contributed by atoms with Gasteiger partial charge >= 0.3 is 0 Å². The van der Waals surface area contributed by atoms with Crippen molar-refractivity contribution in [1.29, 1.82) is 0 Å². The summed E-state index contributed by atoms with van der Waals surface area (Å²) in [7, 11) is 0. The fourth-order valence-electron chi connectivity index (χ4n) is 3.35. The Hall–Kier alpha value is -1.06. The summed E-state index contributed by atoms with van der Waals surface area (Å²) in [6.45, 7) is 4.30. The van der Waals surface area contributed by atoms with Gasteiger partial charge in [-0.05, 0) is 64.3 Å². The zero-order chi connectivity index (χ0) is 14.5. The summed E-state index contributed by atoms with van der Waals surface area (Å²) >= 11 is 0. The van der Waals surface area contributed by atoms with E-state index in [0.717, 1.165) is 44.5 Å². The highest BCUT2D eigenvalue weighted by Gasteiger charge is 2.26. The van der Waals surface area contributed by atoms with Crippen LogP contribution in [-0.2, 0) is 4.74 Å². The topological polar surface area (TPSA) is 30.5 Å². The fraction of sp³-hybridized carbons (Fsp3) is 0.667. The molecule has 2 unspecified atom stereocenters. The SMILES string of the molecule is Cc1ccc(OC2CCCC(OC3CCNCC3)C2)cc1. The summed E-state index contributed by atoms with van der Waals surface area (Å²) in [4.78, 5) is 0. The quantitative estimate of drug-likeness (QED) is 0.921. The minimum Gasteiger partial charge on any atom is -0.490 e.